The number of rotatable bonds is 5. The number of hydrogen-bond acceptors (Lipinski definition) is 6. The molecule has 0 unspecified atom stereocenters. The molecular formula is C24H20ClN3O6. The van der Waals surface area contributed by atoms with Crippen LogP contribution in [0, 0.1) is 11.8 Å². The summed E-state index contributed by atoms with van der Waals surface area (Å²) in [5.74, 6) is -3.35. The first-order chi connectivity index (χ1) is 16.4. The van der Waals surface area contributed by atoms with E-state index in [1.807, 2.05) is 12.2 Å². The van der Waals surface area contributed by atoms with Crippen molar-refractivity contribution in [3.05, 3.63) is 76.8 Å². The highest BCUT2D eigenvalue weighted by Gasteiger charge is 2.47. The molecule has 2 aromatic carbocycles. The number of hydrazine groups is 1. The van der Waals surface area contributed by atoms with Gasteiger partial charge in [0.2, 0.25) is 11.8 Å². The molecule has 0 spiro atoms. The van der Waals surface area contributed by atoms with E-state index in [1.54, 1.807) is 12.1 Å². The SMILES string of the molecule is O=C(COC(=O)c1ccc(N2C(=O)[C@H]3CC=CC[C@@H]3C2=O)cc1)NNC(=O)c1ccccc1Cl. The zero-order chi connectivity index (χ0) is 24.2. The van der Waals surface area contributed by atoms with Crippen LogP contribution >= 0.6 is 11.6 Å². The molecule has 1 saturated heterocycles. The molecule has 0 bridgehead atoms. The molecule has 9 nitrogen and oxygen atoms in total. The molecule has 2 N–H and O–H groups in total. The molecule has 0 saturated carbocycles. The van der Waals surface area contributed by atoms with Crippen molar-refractivity contribution in [1.82, 2.24) is 10.9 Å². The molecule has 2 atom stereocenters. The Kier molecular flexibility index (Phi) is 6.74. The van der Waals surface area contributed by atoms with Crippen molar-refractivity contribution < 1.29 is 28.7 Å². The zero-order valence-corrected chi connectivity index (χ0v) is 18.6. The quantitative estimate of drug-likeness (QED) is 0.293. The number of nitrogens with zero attached hydrogens (tertiary/aromatic N) is 1. The molecular weight excluding hydrogens is 462 g/mol. The fourth-order valence-corrected chi connectivity index (χ4v) is 4.11. The monoisotopic (exact) mass is 481 g/mol. The Morgan fingerprint density at radius 2 is 1.53 bits per heavy atom. The third-order valence-electron chi connectivity index (χ3n) is 5.64. The van der Waals surface area contributed by atoms with Gasteiger partial charge in [-0.1, -0.05) is 35.9 Å². The molecule has 34 heavy (non-hydrogen) atoms. The molecule has 174 valence electrons. The summed E-state index contributed by atoms with van der Waals surface area (Å²) in [7, 11) is 0. The van der Waals surface area contributed by atoms with Crippen LogP contribution in [0.25, 0.3) is 0 Å². The predicted octanol–water partition coefficient (Wildman–Crippen LogP) is 2.41. The number of carbonyl (C=O) groups is 5. The fourth-order valence-electron chi connectivity index (χ4n) is 3.89. The summed E-state index contributed by atoms with van der Waals surface area (Å²) in [5.41, 5.74) is 5.00. The maximum atomic E-state index is 12.7. The average molecular weight is 482 g/mol. The molecule has 4 amide bonds. The van der Waals surface area contributed by atoms with E-state index in [2.05, 4.69) is 10.9 Å². The van der Waals surface area contributed by atoms with Crippen molar-refractivity contribution in [2.45, 2.75) is 12.8 Å². The number of halogens is 1. The van der Waals surface area contributed by atoms with Gasteiger partial charge < -0.3 is 4.74 Å². The maximum absolute atomic E-state index is 12.7. The summed E-state index contributed by atoms with van der Waals surface area (Å²) < 4.78 is 4.95. The van der Waals surface area contributed by atoms with E-state index in [1.165, 1.54) is 36.4 Å². The van der Waals surface area contributed by atoms with E-state index in [0.717, 1.165) is 4.90 Å². The smallest absolute Gasteiger partial charge is 0.338 e. The van der Waals surface area contributed by atoms with Crippen LogP contribution in [0.2, 0.25) is 5.02 Å². The summed E-state index contributed by atoms with van der Waals surface area (Å²) in [4.78, 5) is 62.7. The van der Waals surface area contributed by atoms with Crippen molar-refractivity contribution >= 4 is 46.9 Å². The van der Waals surface area contributed by atoms with E-state index in [0.29, 0.717) is 18.5 Å². The van der Waals surface area contributed by atoms with Crippen molar-refractivity contribution in [2.24, 2.45) is 11.8 Å². The first kappa shape index (κ1) is 23.2. The second kappa shape index (κ2) is 9.88. The number of anilines is 1. The molecule has 0 radical (unpaired) electrons. The van der Waals surface area contributed by atoms with Crippen molar-refractivity contribution in [2.75, 3.05) is 11.5 Å². The number of fused-ring (bicyclic) bond motifs is 1. The van der Waals surface area contributed by atoms with Gasteiger partial charge in [0.05, 0.1) is 33.7 Å². The van der Waals surface area contributed by atoms with Gasteiger partial charge in [-0.3, -0.25) is 34.9 Å². The summed E-state index contributed by atoms with van der Waals surface area (Å²) in [5, 5.41) is 0.219. The first-order valence-corrected chi connectivity index (χ1v) is 10.9. The molecule has 1 fully saturated rings. The fraction of sp³-hybridized carbons (Fsp3) is 0.208. The highest BCUT2D eigenvalue weighted by atomic mass is 35.5. The lowest BCUT2D eigenvalue weighted by atomic mass is 9.85. The van der Waals surface area contributed by atoms with E-state index in [4.69, 9.17) is 16.3 Å². The van der Waals surface area contributed by atoms with E-state index >= 15 is 0 Å². The van der Waals surface area contributed by atoms with Crippen LogP contribution in [-0.4, -0.2) is 36.2 Å². The van der Waals surface area contributed by atoms with E-state index in [9.17, 15) is 24.0 Å². The topological polar surface area (TPSA) is 122 Å². The Balaban J connectivity index is 1.29. The lowest BCUT2D eigenvalue weighted by Crippen LogP contribution is -2.43. The van der Waals surface area contributed by atoms with Crippen LogP contribution in [0.3, 0.4) is 0 Å². The predicted molar refractivity (Wildman–Crippen MR) is 122 cm³/mol. The number of ether oxygens (including phenoxy) is 1. The van der Waals surface area contributed by atoms with Gasteiger partial charge in [-0.2, -0.15) is 0 Å². The number of hydrogen-bond donors (Lipinski definition) is 2. The van der Waals surface area contributed by atoms with Gasteiger partial charge in [0.15, 0.2) is 6.61 Å². The standard InChI is InChI=1S/C24H20ClN3O6/c25-19-8-4-3-7-18(19)21(30)27-26-20(29)13-34-24(33)14-9-11-15(12-10-14)28-22(31)16-5-1-2-6-17(16)23(28)32/h1-4,7-12,16-17H,5-6,13H2,(H,26,29)(H,27,30)/t16-,17-/m0/s1. The Labute approximate surface area is 199 Å². The molecule has 4 rings (SSSR count). The van der Waals surface area contributed by atoms with Crippen LogP contribution in [0.5, 0.6) is 0 Å². The molecule has 2 aliphatic rings. The van der Waals surface area contributed by atoms with Gasteiger partial charge in [-0.25, -0.2) is 4.79 Å². The Hall–Kier alpha value is -3.98. The minimum atomic E-state index is -0.781. The molecule has 1 heterocycles. The number of carbonyl (C=O) groups excluding carboxylic acids is 5. The number of imide groups is 1. The third kappa shape index (κ3) is 4.69. The van der Waals surface area contributed by atoms with E-state index < -0.39 is 24.4 Å². The zero-order valence-electron chi connectivity index (χ0n) is 17.8. The summed E-state index contributed by atoms with van der Waals surface area (Å²) in [6.45, 7) is -0.636. The molecule has 10 heteroatoms. The highest BCUT2D eigenvalue weighted by molar-refractivity contribution is 6.33. The van der Waals surface area contributed by atoms with Crippen molar-refractivity contribution in [3.63, 3.8) is 0 Å². The lowest BCUT2D eigenvalue weighted by molar-refractivity contribution is -0.125. The van der Waals surface area contributed by atoms with E-state index in [-0.39, 0.29) is 39.8 Å². The highest BCUT2D eigenvalue weighted by Crippen LogP contribution is 2.37. The number of allylic oxidation sites excluding steroid dienone is 2. The van der Waals surface area contributed by atoms with Gasteiger partial charge in [0.1, 0.15) is 0 Å². The number of nitrogens with one attached hydrogen (secondary N) is 2. The normalized spacial score (nSPS) is 18.9. The minimum absolute atomic E-state index is 0.134. The van der Waals surface area contributed by atoms with Crippen molar-refractivity contribution in [1.29, 1.82) is 0 Å². The van der Waals surface area contributed by atoms with Crippen LogP contribution in [0.15, 0.2) is 60.7 Å². The Bertz CT molecular complexity index is 1170. The van der Waals surface area contributed by atoms with Crippen LogP contribution in [-0.2, 0) is 19.1 Å². The van der Waals surface area contributed by atoms with Gasteiger partial charge in [-0.15, -0.1) is 0 Å². The first-order valence-electron chi connectivity index (χ1n) is 10.5. The molecule has 1 aliphatic carbocycles. The average Bonchev–Trinajstić information content (AvgIpc) is 3.11. The van der Waals surface area contributed by atoms with Gasteiger partial charge >= 0.3 is 5.97 Å². The molecule has 1 aliphatic heterocycles. The lowest BCUT2D eigenvalue weighted by Gasteiger charge is -2.15. The number of esters is 1. The Morgan fingerprint density at radius 3 is 2.15 bits per heavy atom. The minimum Gasteiger partial charge on any atom is -0.452 e. The van der Waals surface area contributed by atoms with Gasteiger partial charge in [-0.05, 0) is 49.2 Å². The third-order valence-corrected chi connectivity index (χ3v) is 5.97. The summed E-state index contributed by atoms with van der Waals surface area (Å²) in [6, 6.07) is 12.1. The van der Waals surface area contributed by atoms with Crippen molar-refractivity contribution in [3.8, 4) is 0 Å². The number of benzene rings is 2. The second-order valence-corrected chi connectivity index (χ2v) is 8.18. The number of amides is 4. The van der Waals surface area contributed by atoms with Crippen LogP contribution < -0.4 is 15.8 Å². The van der Waals surface area contributed by atoms with Gasteiger partial charge in [0.25, 0.3) is 11.8 Å². The Morgan fingerprint density at radius 1 is 0.912 bits per heavy atom. The van der Waals surface area contributed by atoms with Gasteiger partial charge in [0, 0.05) is 0 Å². The van der Waals surface area contributed by atoms with Crippen LogP contribution in [0.4, 0.5) is 5.69 Å². The second-order valence-electron chi connectivity index (χ2n) is 7.77. The summed E-state index contributed by atoms with van der Waals surface area (Å²) in [6.07, 6.45) is 4.90. The molecule has 0 aromatic heterocycles. The summed E-state index contributed by atoms with van der Waals surface area (Å²) >= 11 is 5.92. The van der Waals surface area contributed by atoms with Crippen LogP contribution in [0.1, 0.15) is 33.6 Å². The maximum Gasteiger partial charge on any atom is 0.338 e. The molecule has 2 aromatic rings. The largest absolute Gasteiger partial charge is 0.452 e.